The van der Waals surface area contributed by atoms with Gasteiger partial charge in [-0.2, -0.15) is 0 Å². The Hall–Kier alpha value is -0.860. The molecule has 78 valence electrons. The normalized spacial score (nSPS) is 12.7. The van der Waals surface area contributed by atoms with Gasteiger partial charge in [0.15, 0.2) is 0 Å². The fourth-order valence-corrected chi connectivity index (χ4v) is 1.47. The predicted octanol–water partition coefficient (Wildman–Crippen LogP) is 1.72. The number of benzene rings is 1. The zero-order valence-electron chi connectivity index (χ0n) is 8.52. The lowest BCUT2D eigenvalue weighted by atomic mass is 10.1. The highest BCUT2D eigenvalue weighted by atomic mass is 16.3. The molecule has 2 nitrogen and oxygen atoms in total. The Balaban J connectivity index is 2.10. The fraction of sp³-hybridized carbons (Fsp3) is 0.500. The molecule has 3 N–H and O–H groups in total. The zero-order valence-corrected chi connectivity index (χ0v) is 8.52. The van der Waals surface area contributed by atoms with Crippen molar-refractivity contribution in [3.05, 3.63) is 35.9 Å². The lowest BCUT2D eigenvalue weighted by Gasteiger charge is -2.06. The van der Waals surface area contributed by atoms with Crippen LogP contribution in [0.15, 0.2) is 30.3 Å². The monoisotopic (exact) mass is 193 g/mol. The van der Waals surface area contributed by atoms with Crippen molar-refractivity contribution in [3.8, 4) is 0 Å². The Bertz CT molecular complexity index is 235. The van der Waals surface area contributed by atoms with Crippen LogP contribution in [0.25, 0.3) is 0 Å². The molecule has 0 saturated heterocycles. The summed E-state index contributed by atoms with van der Waals surface area (Å²) in [5.41, 5.74) is 6.98. The minimum Gasteiger partial charge on any atom is -0.395 e. The van der Waals surface area contributed by atoms with Crippen LogP contribution in [0.2, 0.25) is 0 Å². The van der Waals surface area contributed by atoms with E-state index < -0.39 is 0 Å². The zero-order chi connectivity index (χ0) is 10.2. The molecule has 0 heterocycles. The van der Waals surface area contributed by atoms with Crippen molar-refractivity contribution in [1.29, 1.82) is 0 Å². The first-order chi connectivity index (χ1) is 6.83. The molecule has 1 aromatic carbocycles. The van der Waals surface area contributed by atoms with Gasteiger partial charge in [0.2, 0.25) is 0 Å². The molecule has 1 aromatic rings. The molecule has 0 aliphatic rings. The summed E-state index contributed by atoms with van der Waals surface area (Å²) >= 11 is 0. The first-order valence-corrected chi connectivity index (χ1v) is 5.23. The molecular formula is C12H19NO. The van der Waals surface area contributed by atoms with Gasteiger partial charge in [-0.25, -0.2) is 0 Å². The second-order valence-corrected chi connectivity index (χ2v) is 3.67. The van der Waals surface area contributed by atoms with Crippen molar-refractivity contribution in [2.45, 2.75) is 31.7 Å². The number of hydrogen-bond acceptors (Lipinski definition) is 2. The molecule has 0 aliphatic carbocycles. The maximum Gasteiger partial charge on any atom is 0.0582 e. The molecule has 0 aromatic heterocycles. The van der Waals surface area contributed by atoms with E-state index in [1.165, 1.54) is 5.56 Å². The third kappa shape index (κ3) is 4.40. The molecule has 0 amide bonds. The van der Waals surface area contributed by atoms with E-state index in [1.54, 1.807) is 0 Å². The first-order valence-electron chi connectivity index (χ1n) is 5.23. The van der Waals surface area contributed by atoms with Crippen LogP contribution in [0.1, 0.15) is 24.8 Å². The van der Waals surface area contributed by atoms with Crippen LogP contribution >= 0.6 is 0 Å². The van der Waals surface area contributed by atoms with Gasteiger partial charge in [0, 0.05) is 6.04 Å². The number of aliphatic hydroxyl groups excluding tert-OH is 1. The predicted molar refractivity (Wildman–Crippen MR) is 59.1 cm³/mol. The maximum absolute atomic E-state index is 8.73. The lowest BCUT2D eigenvalue weighted by Crippen LogP contribution is -2.23. The third-order valence-electron chi connectivity index (χ3n) is 2.37. The average Bonchev–Trinajstić information content (AvgIpc) is 2.25. The van der Waals surface area contributed by atoms with E-state index in [0.29, 0.717) is 0 Å². The Morgan fingerprint density at radius 2 is 1.86 bits per heavy atom. The third-order valence-corrected chi connectivity index (χ3v) is 2.37. The molecule has 2 heteroatoms. The molecule has 0 fully saturated rings. The van der Waals surface area contributed by atoms with E-state index in [2.05, 4.69) is 24.3 Å². The van der Waals surface area contributed by atoms with Crippen molar-refractivity contribution >= 4 is 0 Å². The van der Waals surface area contributed by atoms with Crippen molar-refractivity contribution in [2.24, 2.45) is 5.73 Å². The minimum absolute atomic E-state index is 0.0363. The molecule has 1 atom stereocenters. The van der Waals surface area contributed by atoms with Crippen molar-refractivity contribution in [2.75, 3.05) is 6.61 Å². The van der Waals surface area contributed by atoms with Gasteiger partial charge in [-0.15, -0.1) is 0 Å². The largest absolute Gasteiger partial charge is 0.395 e. The number of aryl methyl sites for hydroxylation is 1. The van der Waals surface area contributed by atoms with Crippen LogP contribution in [0, 0.1) is 0 Å². The van der Waals surface area contributed by atoms with Crippen LogP contribution in [0.4, 0.5) is 0 Å². The molecule has 0 radical (unpaired) electrons. The highest BCUT2D eigenvalue weighted by Crippen LogP contribution is 2.06. The Labute approximate surface area is 85.8 Å². The molecule has 0 aliphatic heterocycles. The van der Waals surface area contributed by atoms with E-state index in [0.717, 1.165) is 25.7 Å². The molecule has 0 saturated carbocycles. The number of aliphatic hydroxyl groups is 1. The van der Waals surface area contributed by atoms with Crippen LogP contribution in [-0.2, 0) is 6.42 Å². The van der Waals surface area contributed by atoms with Crippen molar-refractivity contribution in [1.82, 2.24) is 0 Å². The highest BCUT2D eigenvalue weighted by molar-refractivity contribution is 5.14. The second-order valence-electron chi connectivity index (χ2n) is 3.67. The van der Waals surface area contributed by atoms with Gasteiger partial charge >= 0.3 is 0 Å². The van der Waals surface area contributed by atoms with Gasteiger partial charge in [-0.3, -0.25) is 0 Å². The van der Waals surface area contributed by atoms with Crippen molar-refractivity contribution < 1.29 is 5.11 Å². The SMILES string of the molecule is N[C@H](CO)CCCCc1ccccc1. The number of rotatable bonds is 6. The summed E-state index contributed by atoms with van der Waals surface area (Å²) in [6.45, 7) is 0.103. The van der Waals surface area contributed by atoms with Gasteiger partial charge < -0.3 is 10.8 Å². The van der Waals surface area contributed by atoms with Gasteiger partial charge in [0.1, 0.15) is 0 Å². The molecule has 1 rings (SSSR count). The van der Waals surface area contributed by atoms with Gasteiger partial charge in [-0.1, -0.05) is 36.8 Å². The summed E-state index contributed by atoms with van der Waals surface area (Å²) in [6.07, 6.45) is 4.27. The summed E-state index contributed by atoms with van der Waals surface area (Å²) in [7, 11) is 0. The van der Waals surface area contributed by atoms with Gasteiger partial charge in [0.05, 0.1) is 6.61 Å². The number of unbranched alkanes of at least 4 members (excludes halogenated alkanes) is 1. The lowest BCUT2D eigenvalue weighted by molar-refractivity contribution is 0.257. The van der Waals surface area contributed by atoms with Crippen LogP contribution in [0.5, 0.6) is 0 Å². The van der Waals surface area contributed by atoms with Gasteiger partial charge in [0.25, 0.3) is 0 Å². The minimum atomic E-state index is -0.0363. The molecule has 0 bridgehead atoms. The Morgan fingerprint density at radius 3 is 2.50 bits per heavy atom. The molecule has 14 heavy (non-hydrogen) atoms. The maximum atomic E-state index is 8.73. The van der Waals surface area contributed by atoms with Crippen LogP contribution < -0.4 is 5.73 Å². The summed E-state index contributed by atoms with van der Waals surface area (Å²) in [6, 6.07) is 10.4. The van der Waals surface area contributed by atoms with Crippen molar-refractivity contribution in [3.63, 3.8) is 0 Å². The fourth-order valence-electron chi connectivity index (χ4n) is 1.47. The summed E-state index contributed by atoms with van der Waals surface area (Å²) in [5, 5.41) is 8.73. The topological polar surface area (TPSA) is 46.2 Å². The quantitative estimate of drug-likeness (QED) is 0.676. The highest BCUT2D eigenvalue weighted by Gasteiger charge is 1.99. The smallest absolute Gasteiger partial charge is 0.0582 e. The number of hydrogen-bond donors (Lipinski definition) is 2. The van der Waals surface area contributed by atoms with E-state index in [4.69, 9.17) is 10.8 Å². The van der Waals surface area contributed by atoms with E-state index in [1.807, 2.05) is 6.07 Å². The molecular weight excluding hydrogens is 174 g/mol. The second kappa shape index (κ2) is 6.57. The standard InChI is InChI=1S/C12H19NO/c13-12(10-14)9-5-4-8-11-6-2-1-3-7-11/h1-3,6-7,12,14H,4-5,8-10,13H2/t12-/m0/s1. The van der Waals surface area contributed by atoms with Crippen LogP contribution in [-0.4, -0.2) is 17.8 Å². The van der Waals surface area contributed by atoms with E-state index in [9.17, 15) is 0 Å². The first kappa shape index (κ1) is 11.2. The molecule has 0 unspecified atom stereocenters. The summed E-state index contributed by atoms with van der Waals surface area (Å²) in [4.78, 5) is 0. The average molecular weight is 193 g/mol. The summed E-state index contributed by atoms with van der Waals surface area (Å²) in [5.74, 6) is 0. The Morgan fingerprint density at radius 1 is 1.14 bits per heavy atom. The summed E-state index contributed by atoms with van der Waals surface area (Å²) < 4.78 is 0. The number of nitrogens with two attached hydrogens (primary N) is 1. The van der Waals surface area contributed by atoms with E-state index >= 15 is 0 Å². The Kier molecular flexibility index (Phi) is 5.27. The van der Waals surface area contributed by atoms with E-state index in [-0.39, 0.29) is 12.6 Å². The molecule has 0 spiro atoms. The van der Waals surface area contributed by atoms with Crippen LogP contribution in [0.3, 0.4) is 0 Å². The van der Waals surface area contributed by atoms with Gasteiger partial charge in [-0.05, 0) is 24.8 Å².